The lowest BCUT2D eigenvalue weighted by molar-refractivity contribution is -0.188. The minimum absolute atomic E-state index is 0. The van der Waals surface area contributed by atoms with E-state index in [-0.39, 0.29) is 19.0 Å². The van der Waals surface area contributed by atoms with Crippen molar-refractivity contribution in [2.24, 2.45) is 11.8 Å². The van der Waals surface area contributed by atoms with Gasteiger partial charge >= 0.3 is 12.1 Å². The van der Waals surface area contributed by atoms with E-state index in [1.54, 1.807) is 6.07 Å². The molecule has 0 saturated carbocycles. The van der Waals surface area contributed by atoms with Crippen LogP contribution in [0.25, 0.3) is 0 Å². The second kappa shape index (κ2) is 8.26. The van der Waals surface area contributed by atoms with Gasteiger partial charge in [-0.2, -0.15) is 13.2 Å². The molecule has 0 bridgehead atoms. The van der Waals surface area contributed by atoms with Crippen LogP contribution in [0.2, 0.25) is 0 Å². The predicted octanol–water partition coefficient (Wildman–Crippen LogP) is 3.25. The Kier molecular flexibility index (Phi) is 7.07. The molecule has 0 aliphatic carbocycles. The highest BCUT2D eigenvalue weighted by Gasteiger charge is 2.53. The number of rotatable bonds is 4. The topological polar surface area (TPSA) is 69.6 Å². The molecule has 1 aliphatic heterocycles. The predicted molar refractivity (Wildman–Crippen MR) is 93.5 cm³/mol. The molecule has 9 heteroatoms. The molecule has 2 N–H and O–H groups in total. The lowest BCUT2D eigenvalue weighted by atomic mass is 9.96. The second-order valence-electron chi connectivity index (χ2n) is 6.53. The van der Waals surface area contributed by atoms with E-state index in [1.807, 2.05) is 26.0 Å². The number of hydrogen-bond acceptors (Lipinski definition) is 3. The number of likely N-dealkylation sites (tertiary alicyclic amines) is 1. The van der Waals surface area contributed by atoms with E-state index in [4.69, 9.17) is 5.11 Å². The lowest BCUT2D eigenvalue weighted by Gasteiger charge is -2.24. The van der Waals surface area contributed by atoms with E-state index < -0.39 is 42.5 Å². The molecule has 3 atom stereocenters. The van der Waals surface area contributed by atoms with Crippen molar-refractivity contribution >= 4 is 30.0 Å². The molecule has 1 heterocycles. The fourth-order valence-corrected chi connectivity index (χ4v) is 3.01. The van der Waals surface area contributed by atoms with E-state index in [1.165, 1.54) is 11.8 Å². The Morgan fingerprint density at radius 2 is 1.88 bits per heavy atom. The number of carboxylic acid groups (broad SMARTS) is 1. The normalized spacial score (nSPS) is 21.8. The van der Waals surface area contributed by atoms with Crippen molar-refractivity contribution in [3.63, 3.8) is 0 Å². The van der Waals surface area contributed by atoms with Gasteiger partial charge in [-0.1, -0.05) is 12.1 Å². The SMILES string of the molecule is Cc1ccc(C)c(NC(=O)C(C)N2C[C@@H](C(F)(F)F)[C@H](C(=O)O)C2)c1.Cl. The van der Waals surface area contributed by atoms with Gasteiger partial charge in [0.15, 0.2) is 0 Å². The fourth-order valence-electron chi connectivity index (χ4n) is 3.01. The van der Waals surface area contributed by atoms with Crippen LogP contribution in [0.15, 0.2) is 18.2 Å². The van der Waals surface area contributed by atoms with E-state index in [9.17, 15) is 22.8 Å². The number of aryl methyl sites for hydroxylation is 2. The Bertz CT molecular complexity index is 682. The standard InChI is InChI=1S/C17H21F3N2O3.ClH/c1-9-4-5-10(2)14(6-9)21-15(23)11(3)22-7-12(16(24)25)13(8-22)17(18,19)20;/h4-6,11-13H,7-8H2,1-3H3,(H,21,23)(H,24,25);1H/t11?,12-,13-;/m1./s1. The summed E-state index contributed by atoms with van der Waals surface area (Å²) in [4.78, 5) is 24.8. The average Bonchev–Trinajstić information content (AvgIpc) is 2.95. The molecule has 0 spiro atoms. The molecule has 0 aromatic heterocycles. The Balaban J connectivity index is 0.00000338. The van der Waals surface area contributed by atoms with Gasteiger partial charge in [0.1, 0.15) is 0 Å². The zero-order chi connectivity index (χ0) is 18.9. The minimum atomic E-state index is -4.61. The van der Waals surface area contributed by atoms with E-state index >= 15 is 0 Å². The van der Waals surface area contributed by atoms with Crippen molar-refractivity contribution in [1.82, 2.24) is 4.90 Å². The smallest absolute Gasteiger partial charge is 0.393 e. The van der Waals surface area contributed by atoms with Crippen LogP contribution in [0.3, 0.4) is 0 Å². The summed E-state index contributed by atoms with van der Waals surface area (Å²) in [6.07, 6.45) is -4.61. The summed E-state index contributed by atoms with van der Waals surface area (Å²) in [7, 11) is 0. The summed E-state index contributed by atoms with van der Waals surface area (Å²) in [5.41, 5.74) is 2.38. The first kappa shape index (κ1) is 22.2. The molecule has 1 amide bonds. The quantitative estimate of drug-likeness (QED) is 0.822. The highest BCUT2D eigenvalue weighted by molar-refractivity contribution is 5.95. The number of carbonyl (C=O) groups is 2. The van der Waals surface area contributed by atoms with E-state index in [0.29, 0.717) is 5.69 Å². The second-order valence-corrected chi connectivity index (χ2v) is 6.53. The van der Waals surface area contributed by atoms with Crippen molar-refractivity contribution in [3.8, 4) is 0 Å². The lowest BCUT2D eigenvalue weighted by Crippen LogP contribution is -2.41. The number of aliphatic carboxylic acids is 1. The summed E-state index contributed by atoms with van der Waals surface area (Å²) in [5.74, 6) is -5.48. The van der Waals surface area contributed by atoms with Crippen molar-refractivity contribution in [2.45, 2.75) is 33.0 Å². The molecule has 1 aromatic carbocycles. The van der Waals surface area contributed by atoms with Crippen molar-refractivity contribution in [1.29, 1.82) is 0 Å². The third-order valence-corrected chi connectivity index (χ3v) is 4.66. The molecular weight excluding hydrogens is 373 g/mol. The van der Waals surface area contributed by atoms with E-state index in [0.717, 1.165) is 11.1 Å². The molecule has 5 nitrogen and oxygen atoms in total. The summed E-state index contributed by atoms with van der Waals surface area (Å²) in [5, 5.41) is 11.8. The van der Waals surface area contributed by atoms with Crippen LogP contribution in [0.4, 0.5) is 18.9 Å². The molecule has 2 rings (SSSR count). The number of benzene rings is 1. The molecule has 1 aliphatic rings. The van der Waals surface area contributed by atoms with Crippen LogP contribution in [-0.4, -0.2) is 47.2 Å². The van der Waals surface area contributed by atoms with Gasteiger partial charge < -0.3 is 10.4 Å². The molecule has 146 valence electrons. The first-order chi connectivity index (χ1) is 11.5. The van der Waals surface area contributed by atoms with Crippen LogP contribution < -0.4 is 5.32 Å². The van der Waals surface area contributed by atoms with Gasteiger partial charge in [-0.3, -0.25) is 14.5 Å². The maximum atomic E-state index is 13.1. The largest absolute Gasteiger partial charge is 0.481 e. The van der Waals surface area contributed by atoms with Gasteiger partial charge in [0, 0.05) is 18.8 Å². The van der Waals surface area contributed by atoms with Crippen molar-refractivity contribution < 1.29 is 27.9 Å². The average molecular weight is 395 g/mol. The maximum Gasteiger partial charge on any atom is 0.393 e. The maximum absolute atomic E-state index is 13.1. The van der Waals surface area contributed by atoms with Crippen LogP contribution >= 0.6 is 12.4 Å². The number of nitrogens with one attached hydrogen (secondary N) is 1. The van der Waals surface area contributed by atoms with Crippen LogP contribution in [0.5, 0.6) is 0 Å². The Labute approximate surface area is 156 Å². The molecule has 1 fully saturated rings. The number of anilines is 1. The summed E-state index contributed by atoms with van der Waals surface area (Å²) >= 11 is 0. The van der Waals surface area contributed by atoms with Crippen molar-refractivity contribution in [3.05, 3.63) is 29.3 Å². The molecule has 1 saturated heterocycles. The van der Waals surface area contributed by atoms with Gasteiger partial charge in [-0.25, -0.2) is 0 Å². The highest BCUT2D eigenvalue weighted by atomic mass is 35.5. The Morgan fingerprint density at radius 1 is 1.27 bits per heavy atom. The highest BCUT2D eigenvalue weighted by Crippen LogP contribution is 2.38. The van der Waals surface area contributed by atoms with Gasteiger partial charge in [-0.05, 0) is 38.0 Å². The summed E-state index contributed by atoms with van der Waals surface area (Å²) in [6, 6.07) is 4.64. The zero-order valence-electron chi connectivity index (χ0n) is 14.6. The number of carboxylic acids is 1. The van der Waals surface area contributed by atoms with Gasteiger partial charge in [0.05, 0.1) is 17.9 Å². The number of nitrogens with zero attached hydrogens (tertiary/aromatic N) is 1. The number of alkyl halides is 3. The van der Waals surface area contributed by atoms with Crippen LogP contribution in [-0.2, 0) is 9.59 Å². The number of hydrogen-bond donors (Lipinski definition) is 2. The first-order valence-corrected chi connectivity index (χ1v) is 7.92. The van der Waals surface area contributed by atoms with Crippen LogP contribution in [0.1, 0.15) is 18.1 Å². The third-order valence-electron chi connectivity index (χ3n) is 4.66. The van der Waals surface area contributed by atoms with Crippen LogP contribution in [0, 0.1) is 25.7 Å². The Morgan fingerprint density at radius 3 is 2.38 bits per heavy atom. The third kappa shape index (κ3) is 4.88. The van der Waals surface area contributed by atoms with Gasteiger partial charge in [-0.15, -0.1) is 12.4 Å². The van der Waals surface area contributed by atoms with E-state index in [2.05, 4.69) is 5.32 Å². The molecular formula is C17H22ClF3N2O3. The van der Waals surface area contributed by atoms with Gasteiger partial charge in [0.25, 0.3) is 0 Å². The molecule has 1 unspecified atom stereocenters. The molecule has 26 heavy (non-hydrogen) atoms. The Hall–Kier alpha value is -1.80. The number of halogens is 4. The minimum Gasteiger partial charge on any atom is -0.481 e. The summed E-state index contributed by atoms with van der Waals surface area (Å²) < 4.78 is 39.2. The zero-order valence-corrected chi connectivity index (χ0v) is 15.4. The summed E-state index contributed by atoms with van der Waals surface area (Å²) in [6.45, 7) is 4.36. The van der Waals surface area contributed by atoms with Crippen molar-refractivity contribution in [2.75, 3.05) is 18.4 Å². The monoisotopic (exact) mass is 394 g/mol. The number of carbonyl (C=O) groups excluding carboxylic acids is 1. The fraction of sp³-hybridized carbons (Fsp3) is 0.529. The molecule has 1 aromatic rings. The molecule has 0 radical (unpaired) electrons. The van der Waals surface area contributed by atoms with Gasteiger partial charge in [0.2, 0.25) is 5.91 Å². The number of amides is 1. The first-order valence-electron chi connectivity index (χ1n) is 7.92.